The number of aliphatic carboxylic acids is 1. The van der Waals surface area contributed by atoms with Gasteiger partial charge in [-0.3, -0.25) is 14.4 Å². The maximum Gasteiger partial charge on any atom is 0.317 e. The number of aryl methyl sites for hydroxylation is 1. The second kappa shape index (κ2) is 5.65. The lowest BCUT2D eigenvalue weighted by atomic mass is 10.2. The Labute approximate surface area is 95.7 Å². The molecule has 0 unspecified atom stereocenters. The second-order valence-corrected chi connectivity index (χ2v) is 4.40. The number of aromatic nitrogens is 2. The summed E-state index contributed by atoms with van der Waals surface area (Å²) in [7, 11) is 1.86. The quantitative estimate of drug-likeness (QED) is 0.783. The van der Waals surface area contributed by atoms with Crippen LogP contribution in [0, 0.1) is 5.92 Å². The summed E-state index contributed by atoms with van der Waals surface area (Å²) in [5.41, 5.74) is 1.03. The van der Waals surface area contributed by atoms with Gasteiger partial charge in [-0.2, -0.15) is 5.10 Å². The van der Waals surface area contributed by atoms with E-state index in [1.807, 2.05) is 18.0 Å². The van der Waals surface area contributed by atoms with E-state index >= 15 is 0 Å². The highest BCUT2D eigenvalue weighted by molar-refractivity contribution is 5.69. The van der Waals surface area contributed by atoms with Crippen LogP contribution in [0.4, 0.5) is 0 Å². The third-order valence-electron chi connectivity index (χ3n) is 2.29. The van der Waals surface area contributed by atoms with E-state index in [1.165, 1.54) is 0 Å². The summed E-state index contributed by atoms with van der Waals surface area (Å²) in [6.07, 6.45) is 1.73. The van der Waals surface area contributed by atoms with Gasteiger partial charge in [0, 0.05) is 26.3 Å². The van der Waals surface area contributed by atoms with E-state index < -0.39 is 5.97 Å². The van der Waals surface area contributed by atoms with Crippen molar-refractivity contribution >= 4 is 5.97 Å². The maximum absolute atomic E-state index is 10.7. The number of carboxylic acid groups (broad SMARTS) is 1. The zero-order valence-corrected chi connectivity index (χ0v) is 10.1. The first-order chi connectivity index (χ1) is 7.49. The van der Waals surface area contributed by atoms with E-state index in [1.54, 1.807) is 10.9 Å². The van der Waals surface area contributed by atoms with Gasteiger partial charge in [0.05, 0.1) is 12.2 Å². The predicted molar refractivity (Wildman–Crippen MR) is 61.0 cm³/mol. The molecular weight excluding hydrogens is 206 g/mol. The predicted octanol–water partition coefficient (Wildman–Crippen LogP) is 0.963. The summed E-state index contributed by atoms with van der Waals surface area (Å²) < 4.78 is 1.77. The van der Waals surface area contributed by atoms with Crippen LogP contribution >= 0.6 is 0 Å². The Morgan fingerprint density at radius 2 is 2.31 bits per heavy atom. The van der Waals surface area contributed by atoms with Crippen LogP contribution in [0.1, 0.15) is 19.5 Å². The minimum Gasteiger partial charge on any atom is -0.480 e. The van der Waals surface area contributed by atoms with Crippen LogP contribution in [0.5, 0.6) is 0 Å². The highest BCUT2D eigenvalue weighted by Gasteiger charge is 2.13. The molecule has 16 heavy (non-hydrogen) atoms. The molecule has 5 nitrogen and oxygen atoms in total. The van der Waals surface area contributed by atoms with Crippen LogP contribution in [-0.2, 0) is 18.4 Å². The first-order valence-electron chi connectivity index (χ1n) is 5.40. The van der Waals surface area contributed by atoms with Crippen molar-refractivity contribution in [1.29, 1.82) is 0 Å². The van der Waals surface area contributed by atoms with E-state index in [9.17, 15) is 4.79 Å². The summed E-state index contributed by atoms with van der Waals surface area (Å²) in [5.74, 6) is -0.338. The molecule has 0 aliphatic carbocycles. The van der Waals surface area contributed by atoms with Crippen molar-refractivity contribution in [2.75, 3.05) is 13.1 Å². The van der Waals surface area contributed by atoms with Gasteiger partial charge in [-0.25, -0.2) is 0 Å². The van der Waals surface area contributed by atoms with Crippen LogP contribution < -0.4 is 0 Å². The Hall–Kier alpha value is -1.36. The SMILES string of the molecule is CC(C)CN(CC(=O)O)Cc1ccnn1C. The van der Waals surface area contributed by atoms with Gasteiger partial charge < -0.3 is 5.11 Å². The van der Waals surface area contributed by atoms with Gasteiger partial charge in [-0.1, -0.05) is 13.8 Å². The first-order valence-corrected chi connectivity index (χ1v) is 5.40. The van der Waals surface area contributed by atoms with Crippen molar-refractivity contribution in [3.63, 3.8) is 0 Å². The fraction of sp³-hybridized carbons (Fsp3) is 0.636. The molecule has 1 rings (SSSR count). The average molecular weight is 225 g/mol. The molecule has 0 aliphatic rings. The number of carbonyl (C=O) groups is 1. The molecule has 90 valence electrons. The van der Waals surface area contributed by atoms with Gasteiger partial charge in [-0.15, -0.1) is 0 Å². The van der Waals surface area contributed by atoms with Crippen LogP contribution in [0.3, 0.4) is 0 Å². The molecular formula is C11H19N3O2. The fourth-order valence-corrected chi connectivity index (χ4v) is 1.68. The van der Waals surface area contributed by atoms with E-state index in [4.69, 9.17) is 5.11 Å². The Bertz CT molecular complexity index is 347. The van der Waals surface area contributed by atoms with E-state index in [0.717, 1.165) is 12.2 Å². The first kappa shape index (κ1) is 12.7. The Morgan fingerprint density at radius 3 is 2.75 bits per heavy atom. The van der Waals surface area contributed by atoms with Crippen molar-refractivity contribution in [3.05, 3.63) is 18.0 Å². The lowest BCUT2D eigenvalue weighted by molar-refractivity contribution is -0.138. The van der Waals surface area contributed by atoms with Crippen LogP contribution in [0.15, 0.2) is 12.3 Å². The minimum absolute atomic E-state index is 0.0728. The number of hydrogen-bond acceptors (Lipinski definition) is 3. The molecule has 0 spiro atoms. The maximum atomic E-state index is 10.7. The van der Waals surface area contributed by atoms with Crippen LogP contribution in [0.25, 0.3) is 0 Å². The van der Waals surface area contributed by atoms with Gasteiger partial charge in [0.1, 0.15) is 0 Å². The minimum atomic E-state index is -0.789. The van der Waals surface area contributed by atoms with Crippen LogP contribution in [0.2, 0.25) is 0 Å². The summed E-state index contributed by atoms with van der Waals surface area (Å²) >= 11 is 0. The van der Waals surface area contributed by atoms with E-state index in [-0.39, 0.29) is 6.54 Å². The lowest BCUT2D eigenvalue weighted by Gasteiger charge is -2.22. The molecule has 0 aliphatic heterocycles. The van der Waals surface area contributed by atoms with Crippen molar-refractivity contribution in [2.45, 2.75) is 20.4 Å². The fourth-order valence-electron chi connectivity index (χ4n) is 1.68. The van der Waals surface area contributed by atoms with Crippen molar-refractivity contribution < 1.29 is 9.90 Å². The number of rotatable bonds is 6. The molecule has 0 saturated carbocycles. The van der Waals surface area contributed by atoms with Gasteiger partial charge in [-0.05, 0) is 12.0 Å². The summed E-state index contributed by atoms with van der Waals surface area (Å²) in [6, 6.07) is 1.91. The molecule has 1 aromatic rings. The molecule has 0 amide bonds. The molecule has 1 N–H and O–H groups in total. The molecule has 0 aromatic carbocycles. The highest BCUT2D eigenvalue weighted by Crippen LogP contribution is 2.06. The lowest BCUT2D eigenvalue weighted by Crippen LogP contribution is -2.33. The summed E-state index contributed by atoms with van der Waals surface area (Å²) in [4.78, 5) is 12.7. The Morgan fingerprint density at radius 1 is 1.62 bits per heavy atom. The van der Waals surface area contributed by atoms with Gasteiger partial charge in [0.25, 0.3) is 0 Å². The normalized spacial score (nSPS) is 11.3. The zero-order valence-electron chi connectivity index (χ0n) is 10.1. The third-order valence-corrected chi connectivity index (χ3v) is 2.29. The standard InChI is InChI=1S/C11H19N3O2/c1-9(2)6-14(8-11(15)16)7-10-4-5-12-13(10)3/h4-5,9H,6-8H2,1-3H3,(H,15,16). The molecule has 0 fully saturated rings. The average Bonchev–Trinajstić information content (AvgIpc) is 2.49. The zero-order chi connectivity index (χ0) is 12.1. The van der Waals surface area contributed by atoms with Crippen molar-refractivity contribution in [1.82, 2.24) is 14.7 Å². The van der Waals surface area contributed by atoms with Gasteiger partial charge in [0.2, 0.25) is 0 Å². The topological polar surface area (TPSA) is 58.4 Å². The monoisotopic (exact) mass is 225 g/mol. The van der Waals surface area contributed by atoms with E-state index in [0.29, 0.717) is 12.5 Å². The molecule has 0 atom stereocenters. The second-order valence-electron chi connectivity index (χ2n) is 4.40. The number of carboxylic acids is 1. The molecule has 1 aromatic heterocycles. The Balaban J connectivity index is 2.62. The van der Waals surface area contributed by atoms with Crippen molar-refractivity contribution in [2.24, 2.45) is 13.0 Å². The summed E-state index contributed by atoms with van der Waals surface area (Å²) in [6.45, 7) is 5.64. The Kier molecular flexibility index (Phi) is 4.49. The molecule has 0 radical (unpaired) electrons. The van der Waals surface area contributed by atoms with Crippen LogP contribution in [-0.4, -0.2) is 38.8 Å². The summed E-state index contributed by atoms with van der Waals surface area (Å²) in [5, 5.41) is 12.9. The smallest absolute Gasteiger partial charge is 0.317 e. The molecule has 1 heterocycles. The van der Waals surface area contributed by atoms with E-state index in [2.05, 4.69) is 18.9 Å². The molecule has 0 bridgehead atoms. The number of nitrogens with zero attached hydrogens (tertiary/aromatic N) is 3. The van der Waals surface area contributed by atoms with Gasteiger partial charge >= 0.3 is 5.97 Å². The molecule has 0 saturated heterocycles. The third kappa shape index (κ3) is 4.02. The highest BCUT2D eigenvalue weighted by atomic mass is 16.4. The largest absolute Gasteiger partial charge is 0.480 e. The van der Waals surface area contributed by atoms with Gasteiger partial charge in [0.15, 0.2) is 0 Å². The molecule has 5 heteroatoms. The van der Waals surface area contributed by atoms with Crippen molar-refractivity contribution in [3.8, 4) is 0 Å². The number of hydrogen-bond donors (Lipinski definition) is 1.